The maximum atomic E-state index is 5.93. The van der Waals surface area contributed by atoms with Gasteiger partial charge in [0.15, 0.2) is 5.17 Å². The summed E-state index contributed by atoms with van der Waals surface area (Å²) in [5.74, 6) is 1.72. The summed E-state index contributed by atoms with van der Waals surface area (Å²) in [5, 5.41) is 5.10. The van der Waals surface area contributed by atoms with Gasteiger partial charge in [-0.25, -0.2) is 0 Å². The van der Waals surface area contributed by atoms with Gasteiger partial charge in [-0.3, -0.25) is 4.99 Å². The Morgan fingerprint density at radius 3 is 2.94 bits per heavy atom. The van der Waals surface area contributed by atoms with E-state index in [4.69, 9.17) is 16.6 Å². The lowest BCUT2D eigenvalue weighted by molar-refractivity contribution is 0.485. The Morgan fingerprint density at radius 2 is 2.28 bits per heavy atom. The topological polar surface area (TPSA) is 24.4 Å². The molecule has 0 amide bonds. The Morgan fingerprint density at radius 1 is 1.50 bits per heavy atom. The van der Waals surface area contributed by atoms with Crippen LogP contribution in [0.3, 0.4) is 0 Å². The van der Waals surface area contributed by atoms with Crippen molar-refractivity contribution in [3.63, 3.8) is 0 Å². The molecule has 2 nitrogen and oxygen atoms in total. The minimum absolute atomic E-state index is 0.430. The fraction of sp³-hybridized carbons (Fsp3) is 0.462. The number of rotatable bonds is 2. The minimum Gasteiger partial charge on any atom is -0.334 e. The van der Waals surface area contributed by atoms with Crippen LogP contribution in [0.1, 0.15) is 20.3 Å². The number of anilines is 1. The summed E-state index contributed by atoms with van der Waals surface area (Å²) in [5.41, 5.74) is 1.01. The molecule has 1 aromatic rings. The molecular weight excluding hydrogens is 332 g/mol. The lowest BCUT2D eigenvalue weighted by atomic mass is 10.0. The van der Waals surface area contributed by atoms with Crippen LogP contribution in [-0.4, -0.2) is 17.0 Å². The predicted molar refractivity (Wildman–Crippen MR) is 85.9 cm³/mol. The van der Waals surface area contributed by atoms with Crippen LogP contribution >= 0.6 is 39.3 Å². The van der Waals surface area contributed by atoms with E-state index in [9.17, 15) is 0 Å². The molecular formula is C13H16BrClN2S. The molecule has 0 aliphatic carbocycles. The molecule has 0 spiro atoms. The zero-order valence-electron chi connectivity index (χ0n) is 10.4. The van der Waals surface area contributed by atoms with Crippen LogP contribution < -0.4 is 5.32 Å². The quantitative estimate of drug-likeness (QED) is 0.811. The third-order valence-corrected chi connectivity index (χ3v) is 4.69. The van der Waals surface area contributed by atoms with Crippen LogP contribution in [0.25, 0.3) is 0 Å². The van der Waals surface area contributed by atoms with Gasteiger partial charge in [0.25, 0.3) is 0 Å². The Hall–Kier alpha value is -0.190. The molecule has 1 heterocycles. The van der Waals surface area contributed by atoms with Crippen molar-refractivity contribution in [1.82, 2.24) is 0 Å². The van der Waals surface area contributed by atoms with E-state index >= 15 is 0 Å². The summed E-state index contributed by atoms with van der Waals surface area (Å²) in [6, 6.07) is 6.16. The molecule has 98 valence electrons. The Labute approximate surface area is 126 Å². The molecule has 0 aromatic heterocycles. The summed E-state index contributed by atoms with van der Waals surface area (Å²) in [6.07, 6.45) is 1.16. The van der Waals surface area contributed by atoms with Crippen LogP contribution in [0.4, 0.5) is 5.69 Å². The molecule has 5 heteroatoms. The van der Waals surface area contributed by atoms with Crippen LogP contribution in [0.2, 0.25) is 5.02 Å². The van der Waals surface area contributed by atoms with Crippen molar-refractivity contribution in [3.05, 3.63) is 27.7 Å². The Balaban J connectivity index is 2.13. The number of aliphatic imine (C=N–C) groups is 1. The first-order valence-electron chi connectivity index (χ1n) is 5.99. The number of halogens is 2. The van der Waals surface area contributed by atoms with E-state index < -0.39 is 0 Å². The van der Waals surface area contributed by atoms with Gasteiger partial charge in [-0.05, 0) is 46.5 Å². The number of hydrogen-bond donors (Lipinski definition) is 1. The standard InChI is InChI=1S/C13H16BrClN2S/c1-8(2)11-5-6-18-13(16-11)17-12-4-3-9(15)7-10(12)14/h3-4,7-8,11H,5-6H2,1-2H3,(H,16,17). The lowest BCUT2D eigenvalue weighted by Crippen LogP contribution is -2.23. The van der Waals surface area contributed by atoms with E-state index in [0.717, 1.165) is 32.5 Å². The van der Waals surface area contributed by atoms with Gasteiger partial charge in [-0.1, -0.05) is 37.2 Å². The molecule has 0 radical (unpaired) electrons. The zero-order valence-corrected chi connectivity index (χ0v) is 13.6. The highest BCUT2D eigenvalue weighted by molar-refractivity contribution is 9.10. The smallest absolute Gasteiger partial charge is 0.161 e. The van der Waals surface area contributed by atoms with Crippen molar-refractivity contribution < 1.29 is 0 Å². The van der Waals surface area contributed by atoms with Gasteiger partial charge in [0, 0.05) is 15.2 Å². The first-order valence-corrected chi connectivity index (χ1v) is 8.14. The third kappa shape index (κ3) is 3.65. The van der Waals surface area contributed by atoms with Crippen molar-refractivity contribution in [2.75, 3.05) is 11.1 Å². The average molecular weight is 348 g/mol. The van der Waals surface area contributed by atoms with Gasteiger partial charge in [0.05, 0.1) is 11.7 Å². The van der Waals surface area contributed by atoms with Crippen molar-refractivity contribution in [1.29, 1.82) is 0 Å². The molecule has 2 rings (SSSR count). The summed E-state index contributed by atoms with van der Waals surface area (Å²) in [4.78, 5) is 4.75. The molecule has 0 saturated carbocycles. The molecule has 1 aliphatic rings. The molecule has 1 aromatic carbocycles. The number of amidine groups is 1. The molecule has 1 unspecified atom stereocenters. The highest BCUT2D eigenvalue weighted by atomic mass is 79.9. The summed E-state index contributed by atoms with van der Waals surface area (Å²) in [6.45, 7) is 4.44. The lowest BCUT2D eigenvalue weighted by Gasteiger charge is -2.23. The highest BCUT2D eigenvalue weighted by Crippen LogP contribution is 2.29. The zero-order chi connectivity index (χ0) is 13.1. The number of hydrogen-bond acceptors (Lipinski definition) is 3. The van der Waals surface area contributed by atoms with Crippen molar-refractivity contribution >= 4 is 50.1 Å². The fourth-order valence-corrected chi connectivity index (χ4v) is 3.51. The first-order chi connectivity index (χ1) is 8.56. The summed E-state index contributed by atoms with van der Waals surface area (Å²) in [7, 11) is 0. The SMILES string of the molecule is CC(C)C1CCSC(Nc2ccc(Cl)cc2Br)=N1. The van der Waals surface area contributed by atoms with Gasteiger partial charge in [0.2, 0.25) is 0 Å². The molecule has 0 fully saturated rings. The van der Waals surface area contributed by atoms with Gasteiger partial charge in [0.1, 0.15) is 0 Å². The second-order valence-corrected chi connectivity index (χ2v) is 7.01. The second kappa shape index (κ2) is 6.31. The van der Waals surface area contributed by atoms with E-state index in [0.29, 0.717) is 12.0 Å². The average Bonchev–Trinajstić information content (AvgIpc) is 2.33. The van der Waals surface area contributed by atoms with E-state index in [-0.39, 0.29) is 0 Å². The monoisotopic (exact) mass is 346 g/mol. The van der Waals surface area contributed by atoms with Crippen LogP contribution in [0.15, 0.2) is 27.7 Å². The number of nitrogens with zero attached hydrogens (tertiary/aromatic N) is 1. The highest BCUT2D eigenvalue weighted by Gasteiger charge is 2.19. The van der Waals surface area contributed by atoms with Crippen LogP contribution in [0, 0.1) is 5.92 Å². The molecule has 0 bridgehead atoms. The van der Waals surface area contributed by atoms with E-state index in [1.807, 2.05) is 18.2 Å². The fourth-order valence-electron chi connectivity index (χ4n) is 1.79. The van der Waals surface area contributed by atoms with Crippen molar-refractivity contribution in [3.8, 4) is 0 Å². The van der Waals surface area contributed by atoms with E-state index in [1.54, 1.807) is 11.8 Å². The maximum Gasteiger partial charge on any atom is 0.161 e. The first kappa shape index (κ1) is 14.2. The van der Waals surface area contributed by atoms with Gasteiger partial charge in [-0.15, -0.1) is 0 Å². The molecule has 18 heavy (non-hydrogen) atoms. The number of nitrogens with one attached hydrogen (secondary N) is 1. The Bertz CT molecular complexity index is 462. The Kier molecular flexibility index (Phi) is 4.98. The third-order valence-electron chi connectivity index (χ3n) is 2.88. The van der Waals surface area contributed by atoms with Crippen molar-refractivity contribution in [2.24, 2.45) is 10.9 Å². The minimum atomic E-state index is 0.430. The number of thioether (sulfide) groups is 1. The van der Waals surface area contributed by atoms with Crippen LogP contribution in [0.5, 0.6) is 0 Å². The maximum absolute atomic E-state index is 5.93. The second-order valence-electron chi connectivity index (χ2n) is 4.63. The normalized spacial score (nSPS) is 19.8. The van der Waals surface area contributed by atoms with Gasteiger partial charge >= 0.3 is 0 Å². The van der Waals surface area contributed by atoms with Gasteiger partial charge in [-0.2, -0.15) is 0 Å². The van der Waals surface area contributed by atoms with E-state index in [1.165, 1.54) is 0 Å². The predicted octanol–water partition coefficient (Wildman–Crippen LogP) is 5.03. The van der Waals surface area contributed by atoms with Crippen molar-refractivity contribution in [2.45, 2.75) is 26.3 Å². The molecule has 0 saturated heterocycles. The molecule has 1 atom stereocenters. The molecule has 1 aliphatic heterocycles. The van der Waals surface area contributed by atoms with E-state index in [2.05, 4.69) is 35.1 Å². The molecule has 1 N–H and O–H groups in total. The summed E-state index contributed by atoms with van der Waals surface area (Å²) >= 11 is 11.2. The van der Waals surface area contributed by atoms with Crippen LogP contribution in [-0.2, 0) is 0 Å². The summed E-state index contributed by atoms with van der Waals surface area (Å²) < 4.78 is 0.963. The number of benzene rings is 1. The largest absolute Gasteiger partial charge is 0.334 e. The van der Waals surface area contributed by atoms with Gasteiger partial charge < -0.3 is 5.32 Å².